The van der Waals surface area contributed by atoms with Crippen LogP contribution in [0.15, 0.2) is 0 Å². The van der Waals surface area contributed by atoms with Gasteiger partial charge in [0, 0.05) is 14.2 Å². The zero-order valence-corrected chi connectivity index (χ0v) is 7.80. The van der Waals surface area contributed by atoms with Crippen molar-refractivity contribution in [3.05, 3.63) is 0 Å². The monoisotopic (exact) mass is 205 g/mol. The molecule has 0 amide bonds. The van der Waals surface area contributed by atoms with Gasteiger partial charge in [-0.25, -0.2) is 0 Å². The van der Waals surface area contributed by atoms with Gasteiger partial charge >= 0.3 is 5.97 Å². The second kappa shape index (κ2) is 4.68. The van der Waals surface area contributed by atoms with Crippen LogP contribution < -0.4 is 5.32 Å². The Bertz CT molecular complexity index is 219. The topological polar surface area (TPSA) is 101 Å². The quantitative estimate of drug-likeness (QED) is 0.226. The van der Waals surface area contributed by atoms with Crippen LogP contribution in [0.5, 0.6) is 0 Å². The van der Waals surface area contributed by atoms with Crippen molar-refractivity contribution in [2.45, 2.75) is 31.0 Å². The van der Waals surface area contributed by atoms with Gasteiger partial charge in [-0.1, -0.05) is 0 Å². The van der Waals surface area contributed by atoms with E-state index >= 15 is 0 Å². The Morgan fingerprint density at radius 1 is 1.54 bits per heavy atom. The zero-order valence-electron chi connectivity index (χ0n) is 6.80. The van der Waals surface area contributed by atoms with Crippen molar-refractivity contribution in [2.24, 2.45) is 0 Å². The van der Waals surface area contributed by atoms with Crippen LogP contribution in [0.1, 0.15) is 12.8 Å². The van der Waals surface area contributed by atoms with E-state index < -0.39 is 33.6 Å². The van der Waals surface area contributed by atoms with Crippen LogP contribution in [-0.2, 0) is 8.89 Å². The number of hydrogen-bond donors (Lipinski definition) is 4. The van der Waals surface area contributed by atoms with E-state index in [1.54, 1.807) is 0 Å². The molecule has 1 fully saturated rings. The molecule has 0 saturated carbocycles. The van der Waals surface area contributed by atoms with Crippen LogP contribution >= 0.6 is 0 Å². The van der Waals surface area contributed by atoms with Crippen LogP contribution in [0.4, 0.5) is 0 Å². The van der Waals surface area contributed by atoms with E-state index in [4.69, 9.17) is 15.3 Å². The summed E-state index contributed by atoms with van der Waals surface area (Å²) in [6, 6.07) is -0.527. The highest BCUT2D eigenvalue weighted by molar-refractivity contribution is 6.20. The normalized spacial score (nSPS) is 28.9. The molecule has 0 spiro atoms. The molecule has 0 bridgehead atoms. The number of hydrogen-bond acceptors (Lipinski definition) is 5. The maximum Gasteiger partial charge on any atom is 0.542 e. The van der Waals surface area contributed by atoms with E-state index in [0.29, 0.717) is 12.8 Å². The molecule has 2 atom stereocenters. The highest BCUT2D eigenvalue weighted by Crippen LogP contribution is 2.10. The average Bonchev–Trinajstić information content (AvgIpc) is 2.47. The number of rotatable bonds is 2. The lowest BCUT2D eigenvalue weighted by Crippen LogP contribution is -2.36. The molecule has 74 valence electrons. The second-order valence-corrected chi connectivity index (χ2v) is 3.68. The van der Waals surface area contributed by atoms with Crippen molar-refractivity contribution in [2.75, 3.05) is 0 Å². The smallest absolute Gasteiger partial charge is 0.542 e. The van der Waals surface area contributed by atoms with E-state index in [1.165, 1.54) is 0 Å². The highest BCUT2D eigenvalue weighted by Gasteiger charge is 2.33. The zero-order chi connectivity index (χ0) is 9.84. The maximum absolute atomic E-state index is 11.1. The summed E-state index contributed by atoms with van der Waals surface area (Å²) in [5.74, 6) is -2.17. The van der Waals surface area contributed by atoms with Crippen molar-refractivity contribution in [1.29, 1.82) is 0 Å². The molecule has 0 aliphatic carbocycles. The molecule has 0 aromatic heterocycles. The van der Waals surface area contributed by atoms with Crippen LogP contribution in [0, 0.1) is 0 Å². The van der Waals surface area contributed by atoms with Gasteiger partial charge in [0.25, 0.3) is 0 Å². The minimum absolute atomic E-state index is 0.505. The predicted molar refractivity (Wildman–Crippen MR) is 41.8 cm³/mol. The van der Waals surface area contributed by atoms with E-state index in [9.17, 15) is 4.79 Å². The molecule has 1 saturated heterocycles. The molecule has 0 radical (unpaired) electrons. The third-order valence-corrected chi connectivity index (χ3v) is 2.20. The Morgan fingerprint density at radius 3 is 2.69 bits per heavy atom. The third kappa shape index (κ3) is 3.41. The van der Waals surface area contributed by atoms with Crippen LogP contribution in [0.2, 0.25) is 0 Å². The molecule has 0 aromatic carbocycles. The molecule has 7 heteroatoms. The summed E-state index contributed by atoms with van der Waals surface area (Å²) in [5, 5.41) is 28.4. The first-order valence-electron chi connectivity index (χ1n) is 3.86. The van der Waals surface area contributed by atoms with Gasteiger partial charge in [0.1, 0.15) is 6.23 Å². The molecule has 1 aliphatic rings. The lowest BCUT2D eigenvalue weighted by Gasteiger charge is -2.03. The first kappa shape index (κ1) is 10.6. The van der Waals surface area contributed by atoms with Gasteiger partial charge in [0.2, 0.25) is 0 Å². The molecule has 4 N–H and O–H groups in total. The Morgan fingerprint density at radius 2 is 2.23 bits per heavy atom. The minimum Gasteiger partial charge on any atom is -0.562 e. The van der Waals surface area contributed by atoms with Crippen LogP contribution in [0.3, 0.4) is 0 Å². The fourth-order valence-electron chi connectivity index (χ4n) is 1.09. The number of aliphatic hydroxyl groups is 3. The first-order chi connectivity index (χ1) is 6.09. The second-order valence-electron chi connectivity index (χ2n) is 2.73. The van der Waals surface area contributed by atoms with Gasteiger partial charge in [-0.05, 0) is 12.8 Å². The molecular formula is C6H11NO5Si. The van der Waals surface area contributed by atoms with E-state index in [2.05, 4.69) is 9.41 Å². The maximum atomic E-state index is 11.1. The summed E-state index contributed by atoms with van der Waals surface area (Å²) >= 11 is 0. The molecule has 1 unspecified atom stereocenters. The highest BCUT2D eigenvalue weighted by atomic mass is 28.2. The number of aliphatic hydroxyl groups excluding tert-OH is 2. The number of nitrogens with one attached hydrogen (secondary N) is 1. The van der Waals surface area contributed by atoms with Gasteiger partial charge in [0.15, 0.2) is 6.04 Å². The molecule has 0 aromatic rings. The van der Waals surface area contributed by atoms with Crippen molar-refractivity contribution < 1.29 is 24.2 Å². The van der Waals surface area contributed by atoms with Crippen LogP contribution in [-0.4, -0.2) is 48.9 Å². The van der Waals surface area contributed by atoms with E-state index in [-0.39, 0.29) is 0 Å². The van der Waals surface area contributed by atoms with Gasteiger partial charge < -0.3 is 19.4 Å². The average molecular weight is 205 g/mol. The fourth-order valence-corrected chi connectivity index (χ4v) is 1.46. The van der Waals surface area contributed by atoms with Gasteiger partial charge in [-0.3, -0.25) is 5.32 Å². The Balaban J connectivity index is 2.40. The van der Waals surface area contributed by atoms with Gasteiger partial charge in [-0.2, -0.15) is 0 Å². The van der Waals surface area contributed by atoms with Gasteiger partial charge in [-0.15, -0.1) is 0 Å². The third-order valence-electron chi connectivity index (χ3n) is 1.67. The summed E-state index contributed by atoms with van der Waals surface area (Å²) < 4.78 is 4.55. The largest absolute Gasteiger partial charge is 0.562 e. The molecule has 13 heavy (non-hydrogen) atoms. The summed E-state index contributed by atoms with van der Waals surface area (Å²) in [6.07, 6.45) is 0.344. The van der Waals surface area contributed by atoms with Crippen LogP contribution in [0.25, 0.3) is 0 Å². The first-order valence-corrected chi connectivity index (χ1v) is 4.84. The predicted octanol–water partition coefficient (Wildman–Crippen LogP) is -2.56. The van der Waals surface area contributed by atoms with Crippen molar-refractivity contribution in [1.82, 2.24) is 5.32 Å². The minimum atomic E-state index is -1.62. The molecule has 1 heterocycles. The summed E-state index contributed by atoms with van der Waals surface area (Å²) in [4.78, 5) is 11.1. The Labute approximate surface area is 76.8 Å². The van der Waals surface area contributed by atoms with Gasteiger partial charge in [0.05, 0.1) is 5.91 Å². The molecular weight excluding hydrogens is 194 g/mol. The number of carbonyl (C=O) groups is 1. The van der Waals surface area contributed by atoms with Crippen molar-refractivity contribution in [3.8, 4) is 0 Å². The SMILES string of the molecule is O=C([O+]=[Si-]C(O)O)[C@@H]1CCC(O)N1. The Hall–Kier alpha value is -0.473. The van der Waals surface area contributed by atoms with E-state index in [0.717, 1.165) is 0 Å². The van der Waals surface area contributed by atoms with E-state index in [1.807, 2.05) is 0 Å². The summed E-state index contributed by atoms with van der Waals surface area (Å²) in [6.45, 7) is 0. The van der Waals surface area contributed by atoms with Crippen molar-refractivity contribution >= 4 is 15.4 Å². The summed E-state index contributed by atoms with van der Waals surface area (Å²) in [5.41, 5.74) is 0. The lowest BCUT2D eigenvalue weighted by atomic mass is 10.2. The van der Waals surface area contributed by atoms with Crippen molar-refractivity contribution in [3.63, 3.8) is 0 Å². The fraction of sp³-hybridized carbons (Fsp3) is 0.833. The number of carbonyl (C=O) groups excluding carboxylic acids is 1. The molecule has 1 aliphatic heterocycles. The lowest BCUT2D eigenvalue weighted by molar-refractivity contribution is -0.152. The summed E-state index contributed by atoms with van der Waals surface area (Å²) in [7, 11) is -0.672. The molecule has 1 rings (SSSR count). The standard InChI is InChI=1S/C6H11NO5Si/c8-4-2-1-3(7-4)5(9)12-13-6(10)11/h3-4,6-8,10-11H,1-2H2/t3-,4?/m0/s1. The molecule has 6 nitrogen and oxygen atoms in total. The Kier molecular flexibility index (Phi) is 3.82.